The molecular weight excluding hydrogens is 328 g/mol. The maximum Gasteiger partial charge on any atom is 0.0756 e. The van der Waals surface area contributed by atoms with E-state index < -0.39 is 6.37 Å². The van der Waals surface area contributed by atoms with E-state index in [-0.39, 0.29) is 11.3 Å². The first kappa shape index (κ1) is 14.3. The summed E-state index contributed by atoms with van der Waals surface area (Å²) < 4.78 is 17.4. The van der Waals surface area contributed by atoms with E-state index in [0.717, 1.165) is 33.1 Å². The highest BCUT2D eigenvalue weighted by Gasteiger charge is 2.35. The lowest BCUT2D eigenvalue weighted by atomic mass is 9.70. The van der Waals surface area contributed by atoms with Crippen molar-refractivity contribution in [1.29, 1.82) is 0 Å². The van der Waals surface area contributed by atoms with E-state index in [0.29, 0.717) is 5.56 Å². The predicted molar refractivity (Wildman–Crippen MR) is 113 cm³/mol. The van der Waals surface area contributed by atoms with Crippen molar-refractivity contribution in [3.05, 3.63) is 71.5 Å². The van der Waals surface area contributed by atoms with Crippen LogP contribution in [0.5, 0.6) is 0 Å². The molecule has 134 valence electrons. The van der Waals surface area contributed by atoms with Gasteiger partial charge in [0.05, 0.1) is 11.2 Å². The molecule has 1 aliphatic carbocycles. The molecule has 5 rings (SSSR count). The zero-order valence-electron chi connectivity index (χ0n) is 18.2. The van der Waals surface area contributed by atoms with Crippen LogP contribution in [-0.4, -0.2) is 9.97 Å². The third kappa shape index (κ3) is 2.32. The van der Waals surface area contributed by atoms with E-state index in [1.807, 2.05) is 44.4 Å². The normalized spacial score (nSPS) is 16.3. The average molecular weight is 354 g/mol. The molecule has 0 aliphatic heterocycles. The van der Waals surface area contributed by atoms with E-state index in [1.54, 1.807) is 0 Å². The van der Waals surface area contributed by atoms with Gasteiger partial charge in [0.15, 0.2) is 0 Å². The highest BCUT2D eigenvalue weighted by atomic mass is 14.7. The van der Waals surface area contributed by atoms with Crippen LogP contribution in [0, 0.1) is 5.92 Å². The summed E-state index contributed by atoms with van der Waals surface area (Å²) in [6.07, 6.45) is 2.46. The molecule has 0 radical (unpaired) electrons. The number of fused-ring (bicyclic) bond motifs is 3. The van der Waals surface area contributed by atoms with Gasteiger partial charge in [-0.1, -0.05) is 58.0 Å². The van der Waals surface area contributed by atoms with Crippen LogP contribution < -0.4 is 0 Å². The molecule has 4 aromatic rings. The minimum Gasteiger partial charge on any atom is -0.264 e. The van der Waals surface area contributed by atoms with Crippen molar-refractivity contribution >= 4 is 21.7 Å². The molecule has 0 spiro atoms. The molecule has 27 heavy (non-hydrogen) atoms. The molecule has 0 unspecified atom stereocenters. The van der Waals surface area contributed by atoms with Crippen LogP contribution in [0.4, 0.5) is 0 Å². The Morgan fingerprint density at radius 1 is 1.04 bits per heavy atom. The molecule has 2 aromatic carbocycles. The number of hydrogen-bond donors (Lipinski definition) is 0. The molecule has 2 aromatic heterocycles. The second kappa shape index (κ2) is 5.63. The van der Waals surface area contributed by atoms with Gasteiger partial charge in [-0.05, 0) is 46.5 Å². The molecule has 2 heteroatoms. The molecule has 0 fully saturated rings. The fraction of sp³-hybridized carbons (Fsp3) is 0.280. The molecular formula is C25H24N2. The predicted octanol–water partition coefficient (Wildman–Crippen LogP) is 6.29. The van der Waals surface area contributed by atoms with Gasteiger partial charge in [0.1, 0.15) is 0 Å². The molecule has 0 saturated heterocycles. The van der Waals surface area contributed by atoms with Gasteiger partial charge in [0.2, 0.25) is 0 Å². The number of benzene rings is 2. The van der Waals surface area contributed by atoms with Crippen molar-refractivity contribution in [2.45, 2.75) is 39.5 Å². The third-order valence-electron chi connectivity index (χ3n) is 5.69. The van der Waals surface area contributed by atoms with Crippen molar-refractivity contribution in [3.8, 4) is 11.3 Å². The standard InChI is InChI=1S/C25H24N2/c1-15(2)11-16-7-6-10-22-19(16)12-20-24(27-22)18-9-5-8-17-13-26-14-21(23(17)18)25(20,3)4/h5-10,12-15H,11H2,1-4H3/i11D2. The quantitative estimate of drug-likeness (QED) is 0.423. The number of nitrogens with zero attached hydrogens (tertiary/aromatic N) is 2. The van der Waals surface area contributed by atoms with Gasteiger partial charge in [0.25, 0.3) is 0 Å². The number of rotatable bonds is 2. The van der Waals surface area contributed by atoms with Crippen LogP contribution in [0.3, 0.4) is 0 Å². The summed E-state index contributed by atoms with van der Waals surface area (Å²) in [5.74, 6) is -0.129. The van der Waals surface area contributed by atoms with E-state index in [4.69, 9.17) is 7.73 Å². The van der Waals surface area contributed by atoms with Crippen LogP contribution in [0.1, 0.15) is 47.1 Å². The minimum absolute atomic E-state index is 0.129. The van der Waals surface area contributed by atoms with Crippen molar-refractivity contribution in [1.82, 2.24) is 9.97 Å². The summed E-state index contributed by atoms with van der Waals surface area (Å²) in [5, 5.41) is 3.25. The van der Waals surface area contributed by atoms with E-state index in [2.05, 4.69) is 43.1 Å². The second-order valence-electron chi connectivity index (χ2n) is 8.27. The molecule has 1 aliphatic rings. The van der Waals surface area contributed by atoms with Gasteiger partial charge < -0.3 is 0 Å². The van der Waals surface area contributed by atoms with Crippen molar-refractivity contribution in [2.24, 2.45) is 5.92 Å². The van der Waals surface area contributed by atoms with Gasteiger partial charge in [-0.25, -0.2) is 4.98 Å². The Kier molecular flexibility index (Phi) is 2.99. The Hall–Kier alpha value is -2.74. The van der Waals surface area contributed by atoms with E-state index in [9.17, 15) is 0 Å². The zero-order chi connectivity index (χ0) is 20.6. The van der Waals surface area contributed by atoms with E-state index >= 15 is 0 Å². The first-order valence-corrected chi connectivity index (χ1v) is 9.55. The number of pyridine rings is 2. The van der Waals surface area contributed by atoms with Gasteiger partial charge in [-0.3, -0.25) is 4.98 Å². The first-order valence-electron chi connectivity index (χ1n) is 10.5. The molecule has 2 nitrogen and oxygen atoms in total. The molecule has 0 atom stereocenters. The smallest absolute Gasteiger partial charge is 0.0756 e. The Morgan fingerprint density at radius 2 is 1.85 bits per heavy atom. The highest BCUT2D eigenvalue weighted by Crippen LogP contribution is 2.48. The fourth-order valence-corrected chi connectivity index (χ4v) is 4.37. The fourth-order valence-electron chi connectivity index (χ4n) is 4.37. The monoisotopic (exact) mass is 354 g/mol. The Morgan fingerprint density at radius 3 is 2.67 bits per heavy atom. The summed E-state index contributed by atoms with van der Waals surface area (Å²) in [7, 11) is 0. The van der Waals surface area contributed by atoms with E-state index in [1.165, 1.54) is 10.9 Å². The van der Waals surface area contributed by atoms with Gasteiger partial charge in [-0.15, -0.1) is 0 Å². The highest BCUT2D eigenvalue weighted by molar-refractivity contribution is 6.03. The molecule has 0 amide bonds. The van der Waals surface area contributed by atoms with Crippen molar-refractivity contribution in [2.75, 3.05) is 0 Å². The maximum atomic E-state index is 8.68. The molecule has 0 N–H and O–H groups in total. The largest absolute Gasteiger partial charge is 0.264 e. The summed E-state index contributed by atoms with van der Waals surface area (Å²) in [5.41, 5.74) is 5.74. The van der Waals surface area contributed by atoms with Gasteiger partial charge in [0, 0.05) is 36.9 Å². The summed E-state index contributed by atoms with van der Waals surface area (Å²) >= 11 is 0. The Balaban J connectivity index is 1.91. The average Bonchev–Trinajstić information content (AvgIpc) is 2.70. The van der Waals surface area contributed by atoms with Gasteiger partial charge >= 0.3 is 0 Å². The summed E-state index contributed by atoms with van der Waals surface area (Å²) in [6.45, 7) is 8.28. The van der Waals surface area contributed by atoms with Crippen LogP contribution >= 0.6 is 0 Å². The van der Waals surface area contributed by atoms with Gasteiger partial charge in [-0.2, -0.15) is 0 Å². The lowest BCUT2D eigenvalue weighted by Crippen LogP contribution is -2.24. The minimum atomic E-state index is -1.42. The van der Waals surface area contributed by atoms with Crippen LogP contribution in [0.25, 0.3) is 32.9 Å². The SMILES string of the molecule is [2H]C([2H])(c1cccc2nc3c(cc12)C(C)(C)c1cncc2cccc-3c12)C(C)C. The first-order chi connectivity index (χ1) is 13.7. The summed E-state index contributed by atoms with van der Waals surface area (Å²) in [4.78, 5) is 9.57. The maximum absolute atomic E-state index is 8.68. The third-order valence-corrected chi connectivity index (χ3v) is 5.69. The lowest BCUT2D eigenvalue weighted by molar-refractivity contribution is 0.638. The van der Waals surface area contributed by atoms with Crippen LogP contribution in [0.15, 0.2) is 54.9 Å². The number of aromatic nitrogens is 2. The molecule has 2 heterocycles. The second-order valence-corrected chi connectivity index (χ2v) is 8.27. The Bertz CT molecular complexity index is 1280. The Labute approximate surface area is 163 Å². The molecule has 0 saturated carbocycles. The topological polar surface area (TPSA) is 25.8 Å². The summed E-state index contributed by atoms with van der Waals surface area (Å²) in [6, 6.07) is 14.3. The molecule has 0 bridgehead atoms. The van der Waals surface area contributed by atoms with Crippen molar-refractivity contribution < 1.29 is 2.74 Å². The van der Waals surface area contributed by atoms with Crippen LogP contribution in [-0.2, 0) is 11.8 Å². The number of hydrogen-bond acceptors (Lipinski definition) is 2. The van der Waals surface area contributed by atoms with Crippen LogP contribution in [0.2, 0.25) is 0 Å². The van der Waals surface area contributed by atoms with Crippen molar-refractivity contribution in [3.63, 3.8) is 0 Å². The zero-order valence-corrected chi connectivity index (χ0v) is 16.2. The lowest BCUT2D eigenvalue weighted by Gasteiger charge is -2.34.